The van der Waals surface area contributed by atoms with Gasteiger partial charge in [0.2, 0.25) is 0 Å². The van der Waals surface area contributed by atoms with Crippen molar-refractivity contribution in [2.75, 3.05) is 6.54 Å². The van der Waals surface area contributed by atoms with Crippen LogP contribution < -0.4 is 5.73 Å². The van der Waals surface area contributed by atoms with Gasteiger partial charge in [-0.15, -0.1) is 0 Å². The Labute approximate surface area is 119 Å². The zero-order valence-electron chi connectivity index (χ0n) is 10.1. The van der Waals surface area contributed by atoms with Crippen LogP contribution in [-0.4, -0.2) is 16.6 Å². The van der Waals surface area contributed by atoms with Crippen molar-refractivity contribution in [2.24, 2.45) is 5.73 Å². The first-order valence-corrected chi connectivity index (χ1v) is 6.66. The van der Waals surface area contributed by atoms with Crippen LogP contribution in [0.5, 0.6) is 0 Å². The molecule has 100 valence electrons. The second-order valence-corrected chi connectivity index (χ2v) is 5.06. The molecule has 2 unspecified atom stereocenters. The van der Waals surface area contributed by atoms with E-state index < -0.39 is 11.9 Å². The van der Waals surface area contributed by atoms with Gasteiger partial charge in [-0.3, -0.25) is 4.98 Å². The van der Waals surface area contributed by atoms with Crippen molar-refractivity contribution >= 4 is 15.9 Å². The van der Waals surface area contributed by atoms with Gasteiger partial charge >= 0.3 is 0 Å². The molecule has 0 fully saturated rings. The maximum absolute atomic E-state index is 14.0. The summed E-state index contributed by atoms with van der Waals surface area (Å²) < 4.78 is 14.3. The van der Waals surface area contributed by atoms with Gasteiger partial charge in [-0.1, -0.05) is 12.1 Å². The van der Waals surface area contributed by atoms with E-state index in [9.17, 15) is 9.50 Å². The zero-order valence-corrected chi connectivity index (χ0v) is 11.7. The molecule has 3 N–H and O–H groups in total. The van der Waals surface area contributed by atoms with E-state index in [0.29, 0.717) is 4.47 Å². The lowest BCUT2D eigenvalue weighted by atomic mass is 9.89. The number of nitrogens with zero attached hydrogens (tertiary/aromatic N) is 1. The number of hydrogen-bond donors (Lipinski definition) is 2. The number of aromatic nitrogens is 1. The first kappa shape index (κ1) is 14.1. The molecule has 2 aromatic rings. The largest absolute Gasteiger partial charge is 0.388 e. The highest BCUT2D eigenvalue weighted by atomic mass is 79.9. The average Bonchev–Trinajstić information content (AvgIpc) is 2.44. The lowest BCUT2D eigenvalue weighted by molar-refractivity contribution is 0.143. The van der Waals surface area contributed by atoms with Crippen LogP contribution in [0.2, 0.25) is 0 Å². The van der Waals surface area contributed by atoms with Gasteiger partial charge in [-0.05, 0) is 39.7 Å². The third-order valence-corrected chi connectivity index (χ3v) is 3.68. The van der Waals surface area contributed by atoms with Crippen LogP contribution in [0.25, 0.3) is 0 Å². The molecule has 19 heavy (non-hydrogen) atoms. The fourth-order valence-electron chi connectivity index (χ4n) is 2.02. The monoisotopic (exact) mass is 324 g/mol. The minimum Gasteiger partial charge on any atom is -0.388 e. The van der Waals surface area contributed by atoms with Crippen LogP contribution in [0, 0.1) is 5.82 Å². The highest BCUT2D eigenvalue weighted by Crippen LogP contribution is 2.33. The SMILES string of the molecule is NCC(c1ccncc1)C(O)c1cccc(Br)c1F. The number of benzene rings is 1. The Balaban J connectivity index is 2.36. The molecule has 1 heterocycles. The fourth-order valence-corrected chi connectivity index (χ4v) is 2.41. The standard InChI is InChI=1S/C14H14BrFN2O/c15-12-3-1-2-10(13(12)16)14(19)11(8-17)9-4-6-18-7-5-9/h1-7,11,14,19H,8,17H2. The van der Waals surface area contributed by atoms with E-state index in [1.54, 1.807) is 42.7 Å². The molecule has 3 nitrogen and oxygen atoms in total. The van der Waals surface area contributed by atoms with E-state index in [2.05, 4.69) is 20.9 Å². The third-order valence-electron chi connectivity index (χ3n) is 3.07. The van der Waals surface area contributed by atoms with Crippen molar-refractivity contribution in [3.05, 3.63) is 64.1 Å². The number of hydrogen-bond acceptors (Lipinski definition) is 3. The molecular weight excluding hydrogens is 311 g/mol. The first-order chi connectivity index (χ1) is 9.15. The van der Waals surface area contributed by atoms with Crippen molar-refractivity contribution in [1.82, 2.24) is 4.98 Å². The van der Waals surface area contributed by atoms with Crippen LogP contribution >= 0.6 is 15.9 Å². The molecule has 1 aromatic carbocycles. The van der Waals surface area contributed by atoms with Gasteiger partial charge in [0.25, 0.3) is 0 Å². The Kier molecular flexibility index (Phi) is 4.63. The van der Waals surface area contributed by atoms with Crippen molar-refractivity contribution in [3.63, 3.8) is 0 Å². The molecule has 1 aromatic heterocycles. The van der Waals surface area contributed by atoms with E-state index in [4.69, 9.17) is 5.73 Å². The van der Waals surface area contributed by atoms with Gasteiger partial charge in [-0.2, -0.15) is 0 Å². The predicted molar refractivity (Wildman–Crippen MR) is 75.1 cm³/mol. The number of halogens is 2. The molecule has 0 radical (unpaired) electrons. The smallest absolute Gasteiger partial charge is 0.143 e. The number of aliphatic hydroxyl groups is 1. The lowest BCUT2D eigenvalue weighted by Crippen LogP contribution is -2.21. The molecule has 2 rings (SSSR count). The molecule has 0 aliphatic rings. The Morgan fingerprint density at radius 2 is 1.95 bits per heavy atom. The summed E-state index contributed by atoms with van der Waals surface area (Å²) in [6, 6.07) is 8.39. The van der Waals surface area contributed by atoms with Crippen LogP contribution in [0.4, 0.5) is 4.39 Å². The second-order valence-electron chi connectivity index (χ2n) is 4.21. The van der Waals surface area contributed by atoms with Gasteiger partial charge < -0.3 is 10.8 Å². The second kappa shape index (κ2) is 6.23. The molecular formula is C14H14BrFN2O. The van der Waals surface area contributed by atoms with E-state index in [1.165, 1.54) is 0 Å². The van der Waals surface area contributed by atoms with Crippen LogP contribution in [0.15, 0.2) is 47.2 Å². The van der Waals surface area contributed by atoms with Gasteiger partial charge in [0.1, 0.15) is 5.82 Å². The summed E-state index contributed by atoms with van der Waals surface area (Å²) >= 11 is 3.11. The minimum absolute atomic E-state index is 0.219. The lowest BCUT2D eigenvalue weighted by Gasteiger charge is -2.22. The summed E-state index contributed by atoms with van der Waals surface area (Å²) in [5.74, 6) is -0.825. The third kappa shape index (κ3) is 3.00. The zero-order chi connectivity index (χ0) is 13.8. The fraction of sp³-hybridized carbons (Fsp3) is 0.214. The normalized spacial score (nSPS) is 14.1. The minimum atomic E-state index is -0.995. The molecule has 0 aliphatic carbocycles. The molecule has 0 saturated carbocycles. The van der Waals surface area contributed by atoms with Gasteiger partial charge in [0.05, 0.1) is 10.6 Å². The Hall–Kier alpha value is -1.30. The molecule has 0 aliphatic heterocycles. The maximum atomic E-state index is 14.0. The topological polar surface area (TPSA) is 59.1 Å². The van der Waals surface area contributed by atoms with E-state index in [0.717, 1.165) is 5.56 Å². The molecule has 0 amide bonds. The van der Waals surface area contributed by atoms with Gasteiger partial charge in [0, 0.05) is 30.4 Å². The summed E-state index contributed by atoms with van der Waals surface area (Å²) in [6.07, 6.45) is 2.26. The summed E-state index contributed by atoms with van der Waals surface area (Å²) in [7, 11) is 0. The molecule has 5 heteroatoms. The van der Waals surface area contributed by atoms with Crippen LogP contribution in [0.1, 0.15) is 23.1 Å². The summed E-state index contributed by atoms with van der Waals surface area (Å²) in [5, 5.41) is 10.4. The molecule has 0 saturated heterocycles. The predicted octanol–water partition coefficient (Wildman–Crippen LogP) is 2.76. The van der Waals surface area contributed by atoms with Gasteiger partial charge in [0.15, 0.2) is 0 Å². The average molecular weight is 325 g/mol. The number of aliphatic hydroxyl groups excluding tert-OH is 1. The Morgan fingerprint density at radius 1 is 1.26 bits per heavy atom. The van der Waals surface area contributed by atoms with E-state index in [1.807, 2.05) is 0 Å². The van der Waals surface area contributed by atoms with E-state index >= 15 is 0 Å². The highest BCUT2D eigenvalue weighted by Gasteiger charge is 2.24. The molecule has 2 atom stereocenters. The summed E-state index contributed by atoms with van der Waals surface area (Å²) in [4.78, 5) is 3.92. The maximum Gasteiger partial charge on any atom is 0.143 e. The molecule has 0 bridgehead atoms. The quantitative estimate of drug-likeness (QED) is 0.909. The van der Waals surface area contributed by atoms with Crippen LogP contribution in [-0.2, 0) is 0 Å². The molecule has 0 spiro atoms. The number of rotatable bonds is 4. The summed E-state index contributed by atoms with van der Waals surface area (Å²) in [6.45, 7) is 0.219. The summed E-state index contributed by atoms with van der Waals surface area (Å²) in [5.41, 5.74) is 6.79. The first-order valence-electron chi connectivity index (χ1n) is 5.87. The van der Waals surface area contributed by atoms with Crippen molar-refractivity contribution < 1.29 is 9.50 Å². The Bertz CT molecular complexity index is 550. The number of nitrogens with two attached hydrogens (primary N) is 1. The number of pyridine rings is 1. The Morgan fingerprint density at radius 3 is 2.58 bits per heavy atom. The highest BCUT2D eigenvalue weighted by molar-refractivity contribution is 9.10. The van der Waals surface area contributed by atoms with Crippen LogP contribution in [0.3, 0.4) is 0 Å². The van der Waals surface area contributed by atoms with Crippen molar-refractivity contribution in [2.45, 2.75) is 12.0 Å². The van der Waals surface area contributed by atoms with Crippen molar-refractivity contribution in [3.8, 4) is 0 Å². The van der Waals surface area contributed by atoms with Crippen molar-refractivity contribution in [1.29, 1.82) is 0 Å². The van der Waals surface area contributed by atoms with E-state index in [-0.39, 0.29) is 18.0 Å². The van der Waals surface area contributed by atoms with Gasteiger partial charge in [-0.25, -0.2) is 4.39 Å².